The van der Waals surface area contributed by atoms with Crippen LogP contribution < -0.4 is 18.9 Å². The number of esters is 2. The molecule has 2 atom stereocenters. The van der Waals surface area contributed by atoms with E-state index in [0.29, 0.717) is 18.6 Å². The van der Waals surface area contributed by atoms with Crippen molar-refractivity contribution in [1.29, 1.82) is 0 Å². The number of rotatable bonds is 21. The van der Waals surface area contributed by atoms with Crippen LogP contribution in [0.25, 0.3) is 0 Å². The van der Waals surface area contributed by atoms with E-state index in [1.54, 1.807) is 24.3 Å². The topological polar surface area (TPSA) is 133 Å². The Labute approximate surface area is 430 Å². The molecule has 0 N–H and O–H groups in total. The lowest BCUT2D eigenvalue weighted by Gasteiger charge is -2.22. The Kier molecular flexibility index (Phi) is 16.8. The monoisotopic (exact) mass is 986 g/mol. The van der Waals surface area contributed by atoms with E-state index >= 15 is 4.79 Å². The van der Waals surface area contributed by atoms with Gasteiger partial charge in [-0.05, 0) is 101 Å². The molecule has 1 fully saturated rings. The number of benzene rings is 8. The molecule has 0 bridgehead atoms. The second kappa shape index (κ2) is 24.9. The number of hydrogen-bond acceptors (Lipinski definition) is 11. The van der Waals surface area contributed by atoms with E-state index in [1.165, 1.54) is 18.2 Å². The maximum Gasteiger partial charge on any atom is 0.514 e. The lowest BCUT2D eigenvalue weighted by molar-refractivity contribution is 0.0206. The van der Waals surface area contributed by atoms with Crippen LogP contribution in [-0.4, -0.2) is 30.0 Å². The summed E-state index contributed by atoms with van der Waals surface area (Å²) in [5, 5.41) is 0. The Balaban J connectivity index is 1.02. The standard InChI is InChI=1S/C63H54O11/c64-60(58-53(62(66)71-42-48-24-12-4-13-25-48)29-17-31-55(58)68-39-45-18-6-1-7-19-45)59-56(69-40-46-20-8-2-9-21-46)37-51(38-57(59)70-41-47-22-10-3-11-23-47)61(65)74-54-30-16-28-50(54)36-44-32-34-52(35-33-44)73-63(67)72-43-49-26-14-5-15-27-49/h1-15,17-27,29,31-35,37-38,50,54H,16,28,30,36,39-43H2/t50-,54+/m0/s1. The number of hydrogen-bond donors (Lipinski definition) is 0. The summed E-state index contributed by atoms with van der Waals surface area (Å²) < 4.78 is 42.4. The molecule has 11 heteroatoms. The zero-order valence-corrected chi connectivity index (χ0v) is 40.6. The molecule has 9 rings (SSSR count). The minimum atomic E-state index is -0.800. The van der Waals surface area contributed by atoms with Gasteiger partial charge in [0.1, 0.15) is 67.7 Å². The van der Waals surface area contributed by atoms with Crippen molar-refractivity contribution in [3.8, 4) is 23.0 Å². The van der Waals surface area contributed by atoms with Crippen LogP contribution in [0.3, 0.4) is 0 Å². The molecule has 0 aromatic heterocycles. The lowest BCUT2D eigenvalue weighted by atomic mass is 9.94. The van der Waals surface area contributed by atoms with Crippen LogP contribution in [0.4, 0.5) is 4.79 Å². The van der Waals surface area contributed by atoms with Gasteiger partial charge in [-0.2, -0.15) is 0 Å². The number of carbonyl (C=O) groups excluding carboxylic acids is 4. The summed E-state index contributed by atoms with van der Waals surface area (Å²) in [6.07, 6.45) is 1.72. The van der Waals surface area contributed by atoms with Crippen LogP contribution in [0.5, 0.6) is 23.0 Å². The molecule has 8 aromatic carbocycles. The smallest absolute Gasteiger partial charge is 0.488 e. The fraction of sp³-hybridized carbons (Fsp3) is 0.175. The van der Waals surface area contributed by atoms with Gasteiger partial charge in [0.2, 0.25) is 5.78 Å². The zero-order chi connectivity index (χ0) is 50.9. The second-order valence-corrected chi connectivity index (χ2v) is 17.8. The largest absolute Gasteiger partial charge is 0.514 e. The van der Waals surface area contributed by atoms with Crippen LogP contribution >= 0.6 is 0 Å². The fourth-order valence-corrected chi connectivity index (χ4v) is 8.78. The first-order valence-corrected chi connectivity index (χ1v) is 24.6. The van der Waals surface area contributed by atoms with Crippen molar-refractivity contribution in [2.75, 3.05) is 0 Å². The fourth-order valence-electron chi connectivity index (χ4n) is 8.78. The summed E-state index contributed by atoms with van der Waals surface area (Å²) in [4.78, 5) is 56.8. The third-order valence-corrected chi connectivity index (χ3v) is 12.6. The van der Waals surface area contributed by atoms with E-state index < -0.39 is 30.0 Å². The van der Waals surface area contributed by atoms with Crippen molar-refractivity contribution in [3.63, 3.8) is 0 Å². The van der Waals surface area contributed by atoms with E-state index in [9.17, 15) is 14.4 Å². The first kappa shape index (κ1) is 50.0. The Morgan fingerprint density at radius 3 is 1.41 bits per heavy atom. The Morgan fingerprint density at radius 2 is 0.892 bits per heavy atom. The van der Waals surface area contributed by atoms with Crippen molar-refractivity contribution in [2.45, 2.75) is 64.8 Å². The van der Waals surface area contributed by atoms with E-state index in [2.05, 4.69) is 0 Å². The highest BCUT2D eigenvalue weighted by Gasteiger charge is 2.34. The second-order valence-electron chi connectivity index (χ2n) is 17.8. The van der Waals surface area contributed by atoms with Crippen molar-refractivity contribution < 1.29 is 52.3 Å². The molecular formula is C63H54O11. The maximum atomic E-state index is 15.7. The van der Waals surface area contributed by atoms with Crippen LogP contribution in [0.1, 0.15) is 89.3 Å². The average Bonchev–Trinajstić information content (AvgIpc) is 3.89. The molecule has 0 heterocycles. The summed E-state index contributed by atoms with van der Waals surface area (Å²) in [6.45, 7) is 0.211. The van der Waals surface area contributed by atoms with Gasteiger partial charge in [-0.3, -0.25) is 4.79 Å². The molecule has 74 heavy (non-hydrogen) atoms. The van der Waals surface area contributed by atoms with Gasteiger partial charge in [0.15, 0.2) is 0 Å². The quantitative estimate of drug-likeness (QED) is 0.0295. The molecule has 8 aromatic rings. The predicted molar refractivity (Wildman–Crippen MR) is 278 cm³/mol. The molecule has 0 amide bonds. The lowest BCUT2D eigenvalue weighted by Crippen LogP contribution is -2.24. The van der Waals surface area contributed by atoms with E-state index in [-0.39, 0.29) is 78.5 Å². The summed E-state index contributed by atoms with van der Waals surface area (Å²) in [7, 11) is 0. The summed E-state index contributed by atoms with van der Waals surface area (Å²) in [5.74, 6) is -1.46. The first-order chi connectivity index (χ1) is 36.3. The third-order valence-electron chi connectivity index (χ3n) is 12.6. The van der Waals surface area contributed by atoms with Gasteiger partial charge in [0.05, 0.1) is 16.7 Å². The molecule has 1 aliphatic carbocycles. The summed E-state index contributed by atoms with van der Waals surface area (Å²) in [6, 6.07) is 62.0. The van der Waals surface area contributed by atoms with Crippen LogP contribution in [0, 0.1) is 5.92 Å². The summed E-state index contributed by atoms with van der Waals surface area (Å²) in [5.41, 5.74) is 5.03. The highest BCUT2D eigenvalue weighted by Crippen LogP contribution is 2.39. The van der Waals surface area contributed by atoms with Gasteiger partial charge in [-0.1, -0.05) is 170 Å². The van der Waals surface area contributed by atoms with Crippen LogP contribution in [0.15, 0.2) is 206 Å². The molecule has 0 unspecified atom stereocenters. The molecule has 0 saturated heterocycles. The maximum absolute atomic E-state index is 15.7. The molecule has 372 valence electrons. The zero-order valence-electron chi connectivity index (χ0n) is 40.6. The van der Waals surface area contributed by atoms with Gasteiger partial charge < -0.3 is 33.2 Å². The number of carbonyl (C=O) groups is 4. The molecule has 0 radical (unpaired) electrons. The van der Waals surface area contributed by atoms with Gasteiger partial charge in [0, 0.05) is 0 Å². The Hall–Kier alpha value is -8.96. The molecule has 11 nitrogen and oxygen atoms in total. The number of ketones is 1. The highest BCUT2D eigenvalue weighted by molar-refractivity contribution is 6.19. The van der Waals surface area contributed by atoms with Gasteiger partial charge >= 0.3 is 18.1 Å². The minimum absolute atomic E-state index is 0.00235. The van der Waals surface area contributed by atoms with Crippen molar-refractivity contribution in [1.82, 2.24) is 0 Å². The van der Waals surface area contributed by atoms with Crippen LogP contribution in [-0.2, 0) is 53.7 Å². The normalized spacial score (nSPS) is 13.8. The molecular weight excluding hydrogens is 933 g/mol. The summed E-state index contributed by atoms with van der Waals surface area (Å²) >= 11 is 0. The van der Waals surface area contributed by atoms with Crippen molar-refractivity contribution >= 4 is 23.9 Å². The molecule has 0 spiro atoms. The number of ether oxygens (including phenoxy) is 7. The average molecular weight is 987 g/mol. The van der Waals surface area contributed by atoms with Crippen molar-refractivity contribution in [2.24, 2.45) is 5.92 Å². The molecule has 1 aliphatic rings. The molecule has 1 saturated carbocycles. The van der Waals surface area contributed by atoms with E-state index in [1.807, 2.05) is 164 Å². The first-order valence-electron chi connectivity index (χ1n) is 24.6. The van der Waals surface area contributed by atoms with Crippen molar-refractivity contribution in [3.05, 3.63) is 262 Å². The van der Waals surface area contributed by atoms with E-state index in [0.717, 1.165) is 46.2 Å². The predicted octanol–water partition coefficient (Wildman–Crippen LogP) is 13.3. The molecule has 0 aliphatic heterocycles. The highest BCUT2D eigenvalue weighted by atomic mass is 16.7. The van der Waals surface area contributed by atoms with Gasteiger partial charge in [0.25, 0.3) is 0 Å². The van der Waals surface area contributed by atoms with Crippen LogP contribution in [0.2, 0.25) is 0 Å². The Morgan fingerprint density at radius 1 is 0.419 bits per heavy atom. The van der Waals surface area contributed by atoms with E-state index in [4.69, 9.17) is 33.2 Å². The Bertz CT molecular complexity index is 3060. The third kappa shape index (κ3) is 13.5. The van der Waals surface area contributed by atoms with Gasteiger partial charge in [-0.15, -0.1) is 0 Å². The SMILES string of the molecule is O=C(OCc1ccccc1)Oc1ccc(C[C@@H]2CCC[C@H]2OC(=O)c2cc(OCc3ccccc3)c(C(=O)c3c(OCc4ccccc4)cccc3C(=O)OCc3ccccc3)c(OCc3ccccc3)c2)cc1. The van der Waals surface area contributed by atoms with Gasteiger partial charge in [-0.25, -0.2) is 14.4 Å². The minimum Gasteiger partial charge on any atom is -0.488 e.